The first-order chi connectivity index (χ1) is 23.1. The van der Waals surface area contributed by atoms with Crippen molar-refractivity contribution in [1.82, 2.24) is 9.44 Å². The van der Waals surface area contributed by atoms with Gasteiger partial charge in [0.05, 0.1) is 29.1 Å². The molecular formula is C39H39N5O3S. The Kier molecular flexibility index (Phi) is 8.19. The van der Waals surface area contributed by atoms with E-state index in [0.29, 0.717) is 17.1 Å². The molecule has 0 saturated heterocycles. The maximum Gasteiger partial charge on any atom is 0.337 e. The Hall–Kier alpha value is -5.12. The van der Waals surface area contributed by atoms with Gasteiger partial charge in [-0.3, -0.25) is 4.90 Å². The van der Waals surface area contributed by atoms with E-state index in [2.05, 4.69) is 20.1 Å². The average Bonchev–Trinajstić information content (AvgIpc) is 3.54. The van der Waals surface area contributed by atoms with Gasteiger partial charge in [0.25, 0.3) is 0 Å². The number of hydrogen-bond acceptors (Lipinski definition) is 5. The summed E-state index contributed by atoms with van der Waals surface area (Å²) in [6, 6.07) is 35.3. The first-order valence-electron chi connectivity index (χ1n) is 16.3. The van der Waals surface area contributed by atoms with Crippen LogP contribution in [0.15, 0.2) is 115 Å². The summed E-state index contributed by atoms with van der Waals surface area (Å²) >= 11 is 0. The minimum Gasteiger partial charge on any atom is -0.381 e. The quantitative estimate of drug-likeness (QED) is 0.128. The van der Waals surface area contributed by atoms with Gasteiger partial charge in [0.2, 0.25) is 0 Å². The summed E-state index contributed by atoms with van der Waals surface area (Å²) in [7, 11) is -4.39. The maximum atomic E-state index is 14.8. The molecule has 2 aliphatic carbocycles. The van der Waals surface area contributed by atoms with E-state index < -0.39 is 28.3 Å². The highest BCUT2D eigenvalue weighted by Gasteiger charge is 2.40. The fourth-order valence-electron chi connectivity index (χ4n) is 7.04. The third kappa shape index (κ3) is 5.69. The van der Waals surface area contributed by atoms with E-state index in [1.54, 1.807) is 4.90 Å². The van der Waals surface area contributed by atoms with Crippen LogP contribution in [0, 0.1) is 0 Å². The molecular weight excluding hydrogens is 619 g/mol. The largest absolute Gasteiger partial charge is 0.381 e. The lowest BCUT2D eigenvalue weighted by molar-refractivity contribution is 0.249. The zero-order valence-corrected chi connectivity index (χ0v) is 28.2. The number of nitrogens with zero attached hydrogens (tertiary/aromatic N) is 1. The normalized spacial score (nSPS) is 13.5. The van der Waals surface area contributed by atoms with Gasteiger partial charge in [-0.1, -0.05) is 103 Å². The number of hydrogen-bond donors (Lipinski definition) is 4. The van der Waals surface area contributed by atoms with Crippen LogP contribution in [0.3, 0.4) is 0 Å². The smallest absolute Gasteiger partial charge is 0.337 e. The summed E-state index contributed by atoms with van der Waals surface area (Å²) in [5, 5.41) is 7.02. The van der Waals surface area contributed by atoms with Gasteiger partial charge >= 0.3 is 16.2 Å². The second kappa shape index (κ2) is 12.5. The van der Waals surface area contributed by atoms with Gasteiger partial charge in [0.15, 0.2) is 0 Å². The van der Waals surface area contributed by atoms with E-state index >= 15 is 0 Å². The number of anilines is 3. The van der Waals surface area contributed by atoms with E-state index in [9.17, 15) is 13.2 Å². The van der Waals surface area contributed by atoms with Crippen molar-refractivity contribution in [3.8, 4) is 22.3 Å². The third-order valence-electron chi connectivity index (χ3n) is 8.77. The molecule has 2 amide bonds. The van der Waals surface area contributed by atoms with Crippen molar-refractivity contribution in [3.05, 3.63) is 138 Å². The molecule has 9 heteroatoms. The van der Waals surface area contributed by atoms with E-state index in [4.69, 9.17) is 0 Å². The minimum atomic E-state index is -4.39. The summed E-state index contributed by atoms with van der Waals surface area (Å²) in [6.45, 7) is 8.12. The number of carbonyl (C=O) groups excluding carboxylic acids is 1. The molecule has 0 saturated carbocycles. The van der Waals surface area contributed by atoms with Crippen molar-refractivity contribution in [2.75, 3.05) is 15.5 Å². The van der Waals surface area contributed by atoms with E-state index in [-0.39, 0.29) is 12.1 Å². The molecule has 0 atom stereocenters. The lowest BCUT2D eigenvalue weighted by atomic mass is 10.0. The Balaban J connectivity index is 1.35. The van der Waals surface area contributed by atoms with Gasteiger partial charge < -0.3 is 10.6 Å². The lowest BCUT2D eigenvalue weighted by Crippen LogP contribution is -2.49. The summed E-state index contributed by atoms with van der Waals surface area (Å²) in [5.74, 6) is 0. The van der Waals surface area contributed by atoms with E-state index in [1.807, 2.05) is 143 Å². The van der Waals surface area contributed by atoms with Gasteiger partial charge in [-0.15, -0.1) is 0 Å². The number of rotatable bonds is 9. The third-order valence-corrected chi connectivity index (χ3v) is 9.76. The second-order valence-corrected chi connectivity index (χ2v) is 14.3. The molecule has 2 aliphatic rings. The Morgan fingerprint density at radius 2 is 0.979 bits per heavy atom. The number of benzene rings is 5. The Morgan fingerprint density at radius 1 is 0.583 bits per heavy atom. The second-order valence-electron chi connectivity index (χ2n) is 12.9. The number of carbonyl (C=O) groups is 1. The molecule has 0 heterocycles. The van der Waals surface area contributed by atoms with Crippen LogP contribution in [-0.4, -0.2) is 26.5 Å². The molecule has 7 rings (SSSR count). The summed E-state index contributed by atoms with van der Waals surface area (Å²) in [6.07, 6.45) is 0. The SMILES string of the molecule is CC(C)Nc1cccc(NC(C)C)c1N(C(=O)NS(=O)(=O)NC1c2ccccc2-c2ccccc21)C1c2ccccc2-c2ccccc21. The van der Waals surface area contributed by atoms with Crippen molar-refractivity contribution in [3.63, 3.8) is 0 Å². The molecule has 0 aromatic heterocycles. The van der Waals surface area contributed by atoms with Crippen LogP contribution in [0.5, 0.6) is 0 Å². The lowest BCUT2D eigenvalue weighted by Gasteiger charge is -2.35. The predicted octanol–water partition coefficient (Wildman–Crippen LogP) is 8.22. The Morgan fingerprint density at radius 3 is 1.42 bits per heavy atom. The number of nitrogens with one attached hydrogen (secondary N) is 4. The van der Waals surface area contributed by atoms with Gasteiger partial charge in [-0.25, -0.2) is 9.52 Å². The highest BCUT2D eigenvalue weighted by molar-refractivity contribution is 7.88. The summed E-state index contributed by atoms with van der Waals surface area (Å²) in [5.41, 5.74) is 9.39. The van der Waals surface area contributed by atoms with Crippen LogP contribution in [0.2, 0.25) is 0 Å². The number of urea groups is 1. The van der Waals surface area contributed by atoms with Crippen LogP contribution in [-0.2, 0) is 10.2 Å². The molecule has 4 N–H and O–H groups in total. The Bertz CT molecular complexity index is 2010. The van der Waals surface area contributed by atoms with Crippen LogP contribution in [0.4, 0.5) is 21.9 Å². The minimum absolute atomic E-state index is 0.0408. The Labute approximate surface area is 282 Å². The molecule has 0 unspecified atom stereocenters. The maximum absolute atomic E-state index is 14.8. The molecule has 244 valence electrons. The number of para-hydroxylation sites is 1. The van der Waals surface area contributed by atoms with Crippen LogP contribution in [0.25, 0.3) is 22.3 Å². The van der Waals surface area contributed by atoms with Gasteiger partial charge in [-0.2, -0.15) is 13.1 Å². The van der Waals surface area contributed by atoms with Crippen molar-refractivity contribution < 1.29 is 13.2 Å². The fourth-order valence-corrected chi connectivity index (χ4v) is 8.00. The van der Waals surface area contributed by atoms with Gasteiger partial charge in [0, 0.05) is 12.1 Å². The number of amides is 2. The molecule has 48 heavy (non-hydrogen) atoms. The average molecular weight is 658 g/mol. The highest BCUT2D eigenvalue weighted by atomic mass is 32.2. The van der Waals surface area contributed by atoms with Crippen molar-refractivity contribution >= 4 is 33.3 Å². The summed E-state index contributed by atoms with van der Waals surface area (Å²) < 4.78 is 33.4. The van der Waals surface area contributed by atoms with E-state index in [1.165, 1.54) is 0 Å². The van der Waals surface area contributed by atoms with Crippen molar-refractivity contribution in [1.29, 1.82) is 0 Å². The fraction of sp³-hybridized carbons (Fsp3) is 0.205. The van der Waals surface area contributed by atoms with Crippen molar-refractivity contribution in [2.24, 2.45) is 0 Å². The first-order valence-corrected chi connectivity index (χ1v) is 17.8. The van der Waals surface area contributed by atoms with Crippen LogP contribution < -0.4 is 25.0 Å². The molecule has 0 aliphatic heterocycles. The number of fused-ring (bicyclic) bond motifs is 6. The van der Waals surface area contributed by atoms with Crippen LogP contribution in [0.1, 0.15) is 62.0 Å². The standard InChI is InChI=1S/C39H39N5O3S/c1-24(2)40-34-22-13-23-35(41-25(3)4)38(34)44(37-32-20-11-7-16-28(32)29-17-8-12-21-33(29)37)39(45)43-48(46,47)42-36-30-18-9-5-14-26(30)27-15-6-10-19-31(27)36/h5-25,36-37,40-42H,1-4H3,(H,43,45). The van der Waals surface area contributed by atoms with Gasteiger partial charge in [-0.05, 0) is 84.3 Å². The molecule has 8 nitrogen and oxygen atoms in total. The molecule has 0 spiro atoms. The van der Waals surface area contributed by atoms with Crippen LogP contribution >= 0.6 is 0 Å². The molecule has 5 aromatic carbocycles. The zero-order valence-electron chi connectivity index (χ0n) is 27.4. The molecule has 0 fully saturated rings. The molecule has 0 bridgehead atoms. The highest BCUT2D eigenvalue weighted by Crippen LogP contribution is 2.50. The summed E-state index contributed by atoms with van der Waals surface area (Å²) in [4.78, 5) is 16.4. The van der Waals surface area contributed by atoms with Gasteiger partial charge in [0.1, 0.15) is 0 Å². The predicted molar refractivity (Wildman–Crippen MR) is 194 cm³/mol. The zero-order chi connectivity index (χ0) is 33.6. The van der Waals surface area contributed by atoms with Crippen molar-refractivity contribution in [2.45, 2.75) is 51.9 Å². The monoisotopic (exact) mass is 657 g/mol. The molecule has 5 aromatic rings. The van der Waals surface area contributed by atoms with E-state index in [0.717, 1.165) is 44.5 Å². The molecule has 0 radical (unpaired) electrons. The topological polar surface area (TPSA) is 103 Å². The first kappa shape index (κ1) is 31.5.